The number of thiophene rings is 1. The number of urea groups is 1. The van der Waals surface area contributed by atoms with Crippen molar-refractivity contribution in [2.75, 3.05) is 23.3 Å². The van der Waals surface area contributed by atoms with Crippen LogP contribution in [0.4, 0.5) is 15.5 Å². The fourth-order valence-corrected chi connectivity index (χ4v) is 4.79. The van der Waals surface area contributed by atoms with Crippen LogP contribution >= 0.6 is 11.3 Å². The molecule has 0 aliphatic carbocycles. The lowest BCUT2D eigenvalue weighted by Gasteiger charge is -2.29. The minimum Gasteiger partial charge on any atom is -0.507 e. The van der Waals surface area contributed by atoms with Crippen molar-refractivity contribution in [3.8, 4) is 5.75 Å². The number of nitrogens with zero attached hydrogens (tertiary/aromatic N) is 2. The molecule has 184 valence electrons. The van der Waals surface area contributed by atoms with Gasteiger partial charge < -0.3 is 10.4 Å². The molecular weight excluding hydrogens is 480 g/mol. The molecule has 0 spiro atoms. The fourth-order valence-electron chi connectivity index (χ4n) is 3.51. The van der Waals surface area contributed by atoms with E-state index in [1.165, 1.54) is 26.6 Å². The van der Waals surface area contributed by atoms with Gasteiger partial charge in [-0.05, 0) is 34.6 Å². The van der Waals surface area contributed by atoms with E-state index >= 15 is 0 Å². The molecule has 10 nitrogen and oxygen atoms in total. The number of benzene rings is 1. The first-order valence-corrected chi connectivity index (χ1v) is 12.6. The molecule has 3 rings (SSSR count). The van der Waals surface area contributed by atoms with Crippen LogP contribution in [-0.4, -0.2) is 49.1 Å². The van der Waals surface area contributed by atoms with E-state index in [1.807, 2.05) is 20.8 Å². The molecule has 0 bridgehead atoms. The summed E-state index contributed by atoms with van der Waals surface area (Å²) >= 11 is -0.848. The molecule has 4 N–H and O–H groups in total. The van der Waals surface area contributed by atoms with Gasteiger partial charge in [0.15, 0.2) is 0 Å². The van der Waals surface area contributed by atoms with Crippen molar-refractivity contribution in [1.29, 1.82) is 0 Å². The molecule has 1 aliphatic rings. The van der Waals surface area contributed by atoms with Gasteiger partial charge in [-0.1, -0.05) is 27.7 Å². The Bertz CT molecular complexity index is 1140. The Morgan fingerprint density at radius 1 is 1.29 bits per heavy atom. The van der Waals surface area contributed by atoms with Crippen molar-refractivity contribution in [2.45, 2.75) is 46.1 Å². The van der Waals surface area contributed by atoms with Crippen LogP contribution in [0.1, 0.15) is 55.6 Å². The average Bonchev–Trinajstić information content (AvgIpc) is 3.18. The van der Waals surface area contributed by atoms with Gasteiger partial charge >= 0.3 is 6.03 Å². The molecule has 2 heterocycles. The van der Waals surface area contributed by atoms with Gasteiger partial charge in [0.2, 0.25) is 17.2 Å². The average molecular weight is 509 g/mol. The molecule has 2 aromatic rings. The summed E-state index contributed by atoms with van der Waals surface area (Å²) in [5.41, 5.74) is 1.10. The minimum atomic E-state index is -2.10. The van der Waals surface area contributed by atoms with Crippen molar-refractivity contribution in [2.24, 2.45) is 0 Å². The first-order valence-electron chi connectivity index (χ1n) is 10.6. The monoisotopic (exact) mass is 508 g/mol. The number of anilines is 2. The molecule has 1 aromatic carbocycles. The Morgan fingerprint density at radius 3 is 2.59 bits per heavy atom. The van der Waals surface area contributed by atoms with Crippen molar-refractivity contribution >= 4 is 51.1 Å². The minimum absolute atomic E-state index is 0.00581. The Kier molecular flexibility index (Phi) is 7.76. The summed E-state index contributed by atoms with van der Waals surface area (Å²) in [6, 6.07) is 4.20. The van der Waals surface area contributed by atoms with Crippen molar-refractivity contribution < 1.29 is 28.3 Å². The number of imide groups is 1. The van der Waals surface area contributed by atoms with Crippen LogP contribution < -0.4 is 15.5 Å². The summed E-state index contributed by atoms with van der Waals surface area (Å²) in [7, 11) is 0. The Morgan fingerprint density at radius 2 is 2.00 bits per heavy atom. The highest BCUT2D eigenvalue weighted by molar-refractivity contribution is 7.76. The quantitative estimate of drug-likeness (QED) is 0.423. The zero-order valence-electron chi connectivity index (χ0n) is 19.4. The van der Waals surface area contributed by atoms with E-state index in [1.54, 1.807) is 24.4 Å². The smallest absolute Gasteiger partial charge is 0.328 e. The largest absolute Gasteiger partial charge is 0.507 e. The summed E-state index contributed by atoms with van der Waals surface area (Å²) in [5, 5.41) is 18.2. The highest BCUT2D eigenvalue weighted by Gasteiger charge is 2.30. The highest BCUT2D eigenvalue weighted by atomic mass is 32.2. The fraction of sp³-hybridized carbons (Fsp3) is 0.409. The van der Waals surface area contributed by atoms with Crippen molar-refractivity contribution in [1.82, 2.24) is 9.62 Å². The highest BCUT2D eigenvalue weighted by Crippen LogP contribution is 2.38. The van der Waals surface area contributed by atoms with Crippen LogP contribution in [0.3, 0.4) is 0 Å². The molecule has 1 aliphatic heterocycles. The second kappa shape index (κ2) is 10.2. The van der Waals surface area contributed by atoms with Crippen LogP contribution in [0.2, 0.25) is 0 Å². The molecule has 1 fully saturated rings. The standard InChI is InChI=1S/C22H28N4O6S2/c1-5-25(34(31)32)11-13-8-18(33-12-13)24-20(29)15-9-14(10-16(19(15)28)22(2,3)4)26-7-6-17(27)23-21(26)30/h8-10,12,28H,5-7,11H2,1-4H3,(H,24,29)(H,31,32)(H,23,27,30). The number of carbonyl (C=O) groups excluding carboxylic acids is 3. The Balaban J connectivity index is 1.91. The van der Waals surface area contributed by atoms with Gasteiger partial charge in [0.1, 0.15) is 5.75 Å². The second-order valence-electron chi connectivity index (χ2n) is 8.85. The molecular formula is C22H28N4O6S2. The number of nitrogens with one attached hydrogen (secondary N) is 2. The molecule has 1 aromatic heterocycles. The van der Waals surface area contributed by atoms with Gasteiger partial charge in [0.25, 0.3) is 5.91 Å². The predicted molar refractivity (Wildman–Crippen MR) is 131 cm³/mol. The maximum Gasteiger partial charge on any atom is 0.328 e. The van der Waals surface area contributed by atoms with E-state index < -0.39 is 28.6 Å². The molecule has 12 heteroatoms. The predicted octanol–water partition coefficient (Wildman–Crippen LogP) is 3.41. The van der Waals surface area contributed by atoms with Crippen LogP contribution in [0, 0.1) is 0 Å². The number of hydrogen-bond donors (Lipinski definition) is 4. The molecule has 4 amide bonds. The van der Waals surface area contributed by atoms with E-state index in [0.717, 1.165) is 5.56 Å². The van der Waals surface area contributed by atoms with Gasteiger partial charge in [-0.2, -0.15) is 4.31 Å². The SMILES string of the molecule is CCN(Cc1csc(NC(=O)c2cc(N3CCC(=O)NC3=O)cc(C(C)(C)C)c2O)c1)S(=O)O. The number of carbonyl (C=O) groups is 3. The second-order valence-corrected chi connectivity index (χ2v) is 10.7. The topological polar surface area (TPSA) is 139 Å². The lowest BCUT2D eigenvalue weighted by Crippen LogP contribution is -2.49. The summed E-state index contributed by atoms with van der Waals surface area (Å²) < 4.78 is 22.0. The first-order chi connectivity index (χ1) is 15.9. The Labute approximate surface area is 204 Å². The van der Waals surface area contributed by atoms with Crippen LogP contribution in [-0.2, 0) is 28.0 Å². The molecule has 0 saturated carbocycles. The van der Waals surface area contributed by atoms with Crippen molar-refractivity contribution in [3.05, 3.63) is 40.3 Å². The number of phenolic OH excluding ortho intramolecular Hbond substituents is 1. The number of amides is 4. The van der Waals surface area contributed by atoms with Crippen LogP contribution in [0.25, 0.3) is 0 Å². The summed E-state index contributed by atoms with van der Waals surface area (Å²) in [5.74, 6) is -1.12. The Hall–Kier alpha value is -2.80. The van der Waals surface area contributed by atoms with Crippen LogP contribution in [0.5, 0.6) is 5.75 Å². The third-order valence-corrected chi connectivity index (χ3v) is 7.06. The first kappa shape index (κ1) is 25.8. The van der Waals surface area contributed by atoms with Gasteiger partial charge in [0, 0.05) is 37.3 Å². The van der Waals surface area contributed by atoms with E-state index in [0.29, 0.717) is 22.8 Å². The number of aromatic hydroxyl groups is 1. The summed E-state index contributed by atoms with van der Waals surface area (Å²) in [4.78, 5) is 38.4. The molecule has 1 unspecified atom stereocenters. The molecule has 1 saturated heterocycles. The molecule has 34 heavy (non-hydrogen) atoms. The lowest BCUT2D eigenvalue weighted by molar-refractivity contribution is -0.120. The molecule has 0 radical (unpaired) electrons. The third-order valence-electron chi connectivity index (χ3n) is 5.34. The van der Waals surface area contributed by atoms with E-state index in [2.05, 4.69) is 10.6 Å². The van der Waals surface area contributed by atoms with Gasteiger partial charge in [-0.25, -0.2) is 9.00 Å². The van der Waals surface area contributed by atoms with E-state index in [4.69, 9.17) is 0 Å². The van der Waals surface area contributed by atoms with Gasteiger partial charge in [-0.3, -0.25) is 24.4 Å². The number of hydrogen-bond acceptors (Lipinski definition) is 6. The maximum absolute atomic E-state index is 13.1. The number of phenols is 1. The zero-order chi connectivity index (χ0) is 25.2. The van der Waals surface area contributed by atoms with Gasteiger partial charge in [-0.15, -0.1) is 11.3 Å². The normalized spacial score (nSPS) is 15.4. The summed E-state index contributed by atoms with van der Waals surface area (Å²) in [6.07, 6.45) is 0.129. The van der Waals surface area contributed by atoms with E-state index in [-0.39, 0.29) is 36.7 Å². The molecule has 1 atom stereocenters. The summed E-state index contributed by atoms with van der Waals surface area (Å²) in [6.45, 7) is 8.19. The van der Waals surface area contributed by atoms with Crippen LogP contribution in [0.15, 0.2) is 23.6 Å². The van der Waals surface area contributed by atoms with E-state index in [9.17, 15) is 28.3 Å². The lowest BCUT2D eigenvalue weighted by atomic mass is 9.84. The van der Waals surface area contributed by atoms with Gasteiger partial charge in [0.05, 0.1) is 10.6 Å². The number of rotatable bonds is 7. The maximum atomic E-state index is 13.1. The zero-order valence-corrected chi connectivity index (χ0v) is 21.0. The third kappa shape index (κ3) is 5.81. The van der Waals surface area contributed by atoms with Crippen molar-refractivity contribution in [3.63, 3.8) is 0 Å².